The van der Waals surface area contributed by atoms with Crippen molar-refractivity contribution in [3.8, 4) is 0 Å². The Hall–Kier alpha value is -1.23. The van der Waals surface area contributed by atoms with E-state index in [9.17, 15) is 8.42 Å². The molecule has 8 nitrogen and oxygen atoms in total. The van der Waals surface area contributed by atoms with Crippen molar-refractivity contribution in [1.82, 2.24) is 19.8 Å². The van der Waals surface area contributed by atoms with Crippen LogP contribution in [0.15, 0.2) is 27.8 Å². The van der Waals surface area contributed by atoms with Crippen molar-refractivity contribution in [1.29, 1.82) is 0 Å². The Kier molecular flexibility index (Phi) is 8.07. The van der Waals surface area contributed by atoms with Crippen LogP contribution in [0.4, 0.5) is 0 Å². The standard InChI is InChI=1S/C18H31N5O3S2/c1-19-18(20-6-14-28(24,25)23-9-12-27-13-10-23)21-15-16(17-5-4-11-26-17)22-7-2-3-8-22/h4-5,11,16H,2-3,6-10,12-15H2,1H3,(H2,19,20,21). The Labute approximate surface area is 172 Å². The van der Waals surface area contributed by atoms with Gasteiger partial charge in [0.25, 0.3) is 0 Å². The topological polar surface area (TPSA) is 90.2 Å². The van der Waals surface area contributed by atoms with E-state index in [4.69, 9.17) is 4.42 Å². The number of rotatable bonds is 8. The van der Waals surface area contributed by atoms with Crippen LogP contribution in [0.1, 0.15) is 24.6 Å². The van der Waals surface area contributed by atoms with Crippen LogP contribution in [0.2, 0.25) is 0 Å². The van der Waals surface area contributed by atoms with Crippen LogP contribution < -0.4 is 10.6 Å². The molecule has 1 aromatic rings. The average Bonchev–Trinajstić information content (AvgIpc) is 3.42. The highest BCUT2D eigenvalue weighted by Gasteiger charge is 2.26. The van der Waals surface area contributed by atoms with Gasteiger partial charge in [0.15, 0.2) is 5.96 Å². The Balaban J connectivity index is 1.48. The van der Waals surface area contributed by atoms with Crippen molar-refractivity contribution < 1.29 is 12.8 Å². The van der Waals surface area contributed by atoms with Gasteiger partial charge in [0, 0.05) is 44.7 Å². The first-order valence-electron chi connectivity index (χ1n) is 9.88. The molecule has 2 aliphatic heterocycles. The fourth-order valence-corrected chi connectivity index (χ4v) is 6.10. The number of hydrogen-bond acceptors (Lipinski definition) is 6. The van der Waals surface area contributed by atoms with Crippen molar-refractivity contribution in [3.05, 3.63) is 24.2 Å². The van der Waals surface area contributed by atoms with E-state index in [-0.39, 0.29) is 11.8 Å². The van der Waals surface area contributed by atoms with Gasteiger partial charge < -0.3 is 15.1 Å². The fourth-order valence-electron chi connectivity index (χ4n) is 3.61. The van der Waals surface area contributed by atoms with Crippen LogP contribution in [0, 0.1) is 0 Å². The highest BCUT2D eigenvalue weighted by atomic mass is 32.2. The third-order valence-electron chi connectivity index (χ3n) is 5.16. The molecule has 3 heterocycles. The Morgan fingerprint density at radius 2 is 2.00 bits per heavy atom. The molecule has 0 radical (unpaired) electrons. The molecular weight excluding hydrogens is 398 g/mol. The second-order valence-electron chi connectivity index (χ2n) is 6.98. The Morgan fingerprint density at radius 1 is 1.25 bits per heavy atom. The molecule has 0 amide bonds. The minimum atomic E-state index is -3.22. The molecule has 28 heavy (non-hydrogen) atoms. The van der Waals surface area contributed by atoms with Crippen molar-refractivity contribution in [3.63, 3.8) is 0 Å². The summed E-state index contributed by atoms with van der Waals surface area (Å²) in [4.78, 5) is 6.65. The summed E-state index contributed by atoms with van der Waals surface area (Å²) in [5, 5.41) is 6.46. The molecule has 0 spiro atoms. The highest BCUT2D eigenvalue weighted by Crippen LogP contribution is 2.24. The first-order valence-corrected chi connectivity index (χ1v) is 12.6. The summed E-state index contributed by atoms with van der Waals surface area (Å²) < 4.78 is 32.1. The van der Waals surface area contributed by atoms with E-state index in [1.165, 1.54) is 12.8 Å². The van der Waals surface area contributed by atoms with E-state index in [1.54, 1.807) is 29.4 Å². The molecule has 0 saturated carbocycles. The first-order chi connectivity index (χ1) is 13.6. The number of guanidine groups is 1. The minimum absolute atomic E-state index is 0.0755. The lowest BCUT2D eigenvalue weighted by Crippen LogP contribution is -2.45. The molecule has 1 aromatic heterocycles. The largest absolute Gasteiger partial charge is 0.468 e. The van der Waals surface area contributed by atoms with Gasteiger partial charge in [0.05, 0.1) is 18.1 Å². The number of likely N-dealkylation sites (tertiary alicyclic amines) is 1. The maximum Gasteiger partial charge on any atom is 0.215 e. The predicted octanol–water partition coefficient (Wildman–Crippen LogP) is 0.960. The third-order valence-corrected chi connectivity index (χ3v) is 7.97. The summed E-state index contributed by atoms with van der Waals surface area (Å²) in [6.07, 6.45) is 4.11. The smallest absolute Gasteiger partial charge is 0.215 e. The fraction of sp³-hybridized carbons (Fsp3) is 0.722. The van der Waals surface area contributed by atoms with E-state index in [2.05, 4.69) is 20.5 Å². The van der Waals surface area contributed by atoms with Crippen LogP contribution in [-0.4, -0.2) is 87.2 Å². The van der Waals surface area contributed by atoms with Crippen molar-refractivity contribution in [2.24, 2.45) is 4.99 Å². The zero-order chi connectivity index (χ0) is 19.8. The number of nitrogens with one attached hydrogen (secondary N) is 2. The molecule has 158 valence electrons. The summed E-state index contributed by atoms with van der Waals surface area (Å²) in [5.41, 5.74) is 0. The Bertz CT molecular complexity index is 712. The van der Waals surface area contributed by atoms with Crippen LogP contribution in [0.25, 0.3) is 0 Å². The number of furan rings is 1. The predicted molar refractivity (Wildman–Crippen MR) is 114 cm³/mol. The quantitative estimate of drug-likeness (QED) is 0.470. The molecule has 2 aliphatic rings. The van der Waals surface area contributed by atoms with Crippen molar-refractivity contribution in [2.75, 3.05) is 63.6 Å². The van der Waals surface area contributed by atoms with Crippen LogP contribution >= 0.6 is 11.8 Å². The maximum atomic E-state index is 12.4. The highest BCUT2D eigenvalue weighted by molar-refractivity contribution is 7.99. The van der Waals surface area contributed by atoms with Gasteiger partial charge in [-0.1, -0.05) is 0 Å². The molecule has 0 aliphatic carbocycles. The molecule has 1 unspecified atom stereocenters. The van der Waals surface area contributed by atoms with Crippen LogP contribution in [-0.2, 0) is 10.0 Å². The van der Waals surface area contributed by atoms with Crippen molar-refractivity contribution >= 4 is 27.7 Å². The number of thioether (sulfide) groups is 1. The third kappa shape index (κ3) is 5.88. The van der Waals surface area contributed by atoms with E-state index < -0.39 is 10.0 Å². The second-order valence-corrected chi connectivity index (χ2v) is 10.3. The molecule has 0 aromatic carbocycles. The van der Waals surface area contributed by atoms with Gasteiger partial charge in [-0.3, -0.25) is 9.89 Å². The van der Waals surface area contributed by atoms with E-state index in [0.717, 1.165) is 30.4 Å². The number of sulfonamides is 1. The molecule has 10 heteroatoms. The van der Waals surface area contributed by atoms with Gasteiger partial charge in [-0.25, -0.2) is 12.7 Å². The minimum Gasteiger partial charge on any atom is -0.468 e. The molecule has 2 saturated heterocycles. The SMILES string of the molecule is CN=C(NCCS(=O)(=O)N1CCSCC1)NCC(c1ccco1)N1CCCC1. The lowest BCUT2D eigenvalue weighted by Gasteiger charge is -2.27. The van der Waals surface area contributed by atoms with E-state index >= 15 is 0 Å². The van der Waals surface area contributed by atoms with Crippen molar-refractivity contribution in [2.45, 2.75) is 18.9 Å². The summed E-state index contributed by atoms with van der Waals surface area (Å²) >= 11 is 1.80. The van der Waals surface area contributed by atoms with Crippen LogP contribution in [0.3, 0.4) is 0 Å². The molecule has 1 atom stereocenters. The zero-order valence-electron chi connectivity index (χ0n) is 16.5. The summed E-state index contributed by atoms with van der Waals surface area (Å²) in [6, 6.07) is 4.06. The summed E-state index contributed by atoms with van der Waals surface area (Å²) in [5.74, 6) is 3.38. The second kappa shape index (κ2) is 10.5. The number of nitrogens with zero attached hydrogens (tertiary/aromatic N) is 3. The van der Waals surface area contributed by atoms with Crippen LogP contribution in [0.5, 0.6) is 0 Å². The molecule has 3 rings (SSSR count). The molecule has 0 bridgehead atoms. The van der Waals surface area contributed by atoms with Gasteiger partial charge >= 0.3 is 0 Å². The van der Waals surface area contributed by atoms with Gasteiger partial charge in [-0.2, -0.15) is 11.8 Å². The number of hydrogen-bond donors (Lipinski definition) is 2. The average molecular weight is 430 g/mol. The molecule has 2 N–H and O–H groups in total. The van der Waals surface area contributed by atoms with Gasteiger partial charge in [0.1, 0.15) is 5.76 Å². The monoisotopic (exact) mass is 429 g/mol. The summed E-state index contributed by atoms with van der Waals surface area (Å²) in [7, 11) is -1.52. The normalized spacial score (nSPS) is 21.0. The number of aliphatic imine (C=N–C) groups is 1. The lowest BCUT2D eigenvalue weighted by molar-refractivity contribution is 0.215. The summed E-state index contributed by atoms with van der Waals surface area (Å²) in [6.45, 7) is 4.34. The van der Waals surface area contributed by atoms with Gasteiger partial charge in [-0.05, 0) is 38.1 Å². The first kappa shape index (κ1) is 21.5. The van der Waals surface area contributed by atoms with Gasteiger partial charge in [-0.15, -0.1) is 0 Å². The molecular formula is C18H31N5O3S2. The lowest BCUT2D eigenvalue weighted by atomic mass is 10.2. The van der Waals surface area contributed by atoms with E-state index in [0.29, 0.717) is 32.1 Å². The van der Waals surface area contributed by atoms with E-state index in [1.807, 2.05) is 12.1 Å². The molecule has 2 fully saturated rings. The zero-order valence-corrected chi connectivity index (χ0v) is 18.1. The Morgan fingerprint density at radius 3 is 2.64 bits per heavy atom. The van der Waals surface area contributed by atoms with Gasteiger partial charge in [0.2, 0.25) is 10.0 Å². The maximum absolute atomic E-state index is 12.4.